The van der Waals surface area contributed by atoms with Crippen LogP contribution in [0.15, 0.2) is 48.9 Å². The fourth-order valence-corrected chi connectivity index (χ4v) is 5.37. The van der Waals surface area contributed by atoms with Gasteiger partial charge >= 0.3 is 6.03 Å². The molecule has 2 fully saturated rings. The molecule has 0 spiro atoms. The van der Waals surface area contributed by atoms with Crippen molar-refractivity contribution in [1.29, 1.82) is 0 Å². The highest BCUT2D eigenvalue weighted by atomic mass is 35.5. The molecule has 0 saturated carbocycles. The quantitative estimate of drug-likeness (QED) is 0.597. The molecule has 4 heterocycles. The average Bonchev–Trinajstić information content (AvgIpc) is 3.25. The Labute approximate surface area is 204 Å². The number of halogens is 1. The van der Waals surface area contributed by atoms with E-state index in [0.717, 1.165) is 63.1 Å². The fraction of sp³-hybridized carbons (Fsp3) is 0.423. The fourth-order valence-electron chi connectivity index (χ4n) is 5.24. The number of amides is 3. The summed E-state index contributed by atoms with van der Waals surface area (Å²) in [6.45, 7) is 4.51. The third kappa shape index (κ3) is 4.62. The van der Waals surface area contributed by atoms with Gasteiger partial charge in [0.1, 0.15) is 0 Å². The van der Waals surface area contributed by atoms with Crippen LogP contribution in [0.4, 0.5) is 4.79 Å². The van der Waals surface area contributed by atoms with Gasteiger partial charge in [0.15, 0.2) is 0 Å². The Bertz CT molecular complexity index is 1180. The van der Waals surface area contributed by atoms with Crippen LogP contribution in [0.5, 0.6) is 0 Å². The van der Waals surface area contributed by atoms with E-state index < -0.39 is 0 Å². The molecule has 0 bridgehead atoms. The van der Waals surface area contributed by atoms with Crippen LogP contribution in [0, 0.1) is 0 Å². The number of benzene rings is 1. The van der Waals surface area contributed by atoms with Crippen molar-refractivity contribution in [3.8, 4) is 5.69 Å². The van der Waals surface area contributed by atoms with Crippen LogP contribution in [0.1, 0.15) is 44.1 Å². The second-order valence-electron chi connectivity index (χ2n) is 9.31. The number of hydrogen-bond donors (Lipinski definition) is 1. The number of aromatic nitrogens is 2. The van der Waals surface area contributed by atoms with Crippen molar-refractivity contribution >= 4 is 34.4 Å². The van der Waals surface area contributed by atoms with Crippen LogP contribution in [0.3, 0.4) is 0 Å². The maximum Gasteiger partial charge on any atom is 0.317 e. The molecule has 3 amide bonds. The lowest BCUT2D eigenvalue weighted by Crippen LogP contribution is -2.51. The number of urea groups is 1. The summed E-state index contributed by atoms with van der Waals surface area (Å²) in [5.74, 6) is 0.501. The van der Waals surface area contributed by atoms with Gasteiger partial charge in [-0.05, 0) is 67.5 Å². The lowest BCUT2D eigenvalue weighted by molar-refractivity contribution is -0.129. The van der Waals surface area contributed by atoms with Crippen molar-refractivity contribution in [1.82, 2.24) is 24.7 Å². The number of nitrogens with one attached hydrogen (secondary N) is 1. The second kappa shape index (κ2) is 9.66. The Balaban J connectivity index is 1.24. The minimum absolute atomic E-state index is 0.0208. The number of likely N-dealkylation sites (tertiary alicyclic amines) is 2. The molecule has 2 aliphatic rings. The number of carbonyl (C=O) groups is 2. The highest BCUT2D eigenvalue weighted by molar-refractivity contribution is 6.30. The van der Waals surface area contributed by atoms with E-state index in [1.54, 1.807) is 6.92 Å². The van der Waals surface area contributed by atoms with Gasteiger partial charge in [-0.3, -0.25) is 9.78 Å². The van der Waals surface area contributed by atoms with Crippen LogP contribution in [0.25, 0.3) is 16.6 Å². The number of hydrogen-bond acceptors (Lipinski definition) is 3. The van der Waals surface area contributed by atoms with Gasteiger partial charge < -0.3 is 19.7 Å². The number of carbonyl (C=O) groups excluding carboxylic acids is 2. The first kappa shape index (κ1) is 22.7. The van der Waals surface area contributed by atoms with E-state index in [0.29, 0.717) is 10.9 Å². The van der Waals surface area contributed by atoms with E-state index in [9.17, 15) is 9.59 Å². The van der Waals surface area contributed by atoms with Crippen molar-refractivity contribution < 1.29 is 9.59 Å². The Morgan fingerprint density at radius 1 is 0.971 bits per heavy atom. The van der Waals surface area contributed by atoms with E-state index >= 15 is 0 Å². The van der Waals surface area contributed by atoms with Gasteiger partial charge in [-0.25, -0.2) is 4.79 Å². The first-order valence-corrected chi connectivity index (χ1v) is 12.4. The van der Waals surface area contributed by atoms with Gasteiger partial charge in [0.05, 0.1) is 11.7 Å². The molecule has 34 heavy (non-hydrogen) atoms. The zero-order valence-electron chi connectivity index (χ0n) is 19.4. The molecule has 8 heteroatoms. The summed E-state index contributed by atoms with van der Waals surface area (Å²) in [4.78, 5) is 32.5. The van der Waals surface area contributed by atoms with Crippen molar-refractivity contribution in [3.63, 3.8) is 0 Å². The molecule has 5 rings (SSSR count). The third-order valence-corrected chi connectivity index (χ3v) is 7.49. The maximum atomic E-state index is 12.9. The molecule has 0 aliphatic carbocycles. The predicted molar refractivity (Wildman–Crippen MR) is 133 cm³/mol. The van der Waals surface area contributed by atoms with E-state index in [-0.39, 0.29) is 18.0 Å². The second-order valence-corrected chi connectivity index (χ2v) is 9.75. The summed E-state index contributed by atoms with van der Waals surface area (Å²) in [7, 11) is 0. The molecule has 178 valence electrons. The molecular weight excluding hydrogens is 450 g/mol. The number of piperidine rings is 2. The summed E-state index contributed by atoms with van der Waals surface area (Å²) >= 11 is 6.09. The van der Waals surface area contributed by atoms with Gasteiger partial charge in [0.25, 0.3) is 0 Å². The standard InChI is InChI=1S/C26H30ClN5O2/c1-18(33)30-14-9-21(10-15-30)29-26(34)31-12-7-19(8-13-31)24-17-32(22-4-2-20(27)3-5-22)25-16-28-11-6-23(24)25/h2-6,11,16-17,19,21H,7-10,12-15H2,1H3,(H,29,34). The Kier molecular flexibility index (Phi) is 6.46. The van der Waals surface area contributed by atoms with Gasteiger partial charge in [0.2, 0.25) is 5.91 Å². The maximum absolute atomic E-state index is 12.9. The van der Waals surface area contributed by atoms with Gasteiger partial charge in [0, 0.05) is 67.6 Å². The molecule has 2 aliphatic heterocycles. The molecule has 0 radical (unpaired) electrons. The minimum atomic E-state index is 0.0208. The third-order valence-electron chi connectivity index (χ3n) is 7.23. The first-order valence-electron chi connectivity index (χ1n) is 12.0. The SMILES string of the molecule is CC(=O)N1CCC(NC(=O)N2CCC(c3cn(-c4ccc(Cl)cc4)c4cnccc34)CC2)CC1. The smallest absolute Gasteiger partial charge is 0.317 e. The highest BCUT2D eigenvalue weighted by Crippen LogP contribution is 2.35. The van der Waals surface area contributed by atoms with E-state index in [4.69, 9.17) is 11.6 Å². The lowest BCUT2D eigenvalue weighted by atomic mass is 9.89. The first-order chi connectivity index (χ1) is 16.5. The number of fused-ring (bicyclic) bond motifs is 1. The molecule has 0 unspecified atom stereocenters. The number of nitrogens with zero attached hydrogens (tertiary/aromatic N) is 4. The summed E-state index contributed by atoms with van der Waals surface area (Å²) in [5.41, 5.74) is 3.45. The van der Waals surface area contributed by atoms with Crippen LogP contribution >= 0.6 is 11.6 Å². The average molecular weight is 480 g/mol. The summed E-state index contributed by atoms with van der Waals surface area (Å²) in [6.07, 6.45) is 9.47. The topological polar surface area (TPSA) is 70.5 Å². The van der Waals surface area contributed by atoms with Crippen molar-refractivity contribution in [2.75, 3.05) is 26.2 Å². The van der Waals surface area contributed by atoms with Gasteiger partial charge in [-0.1, -0.05) is 11.6 Å². The van der Waals surface area contributed by atoms with E-state index in [1.807, 2.05) is 46.5 Å². The van der Waals surface area contributed by atoms with Crippen molar-refractivity contribution in [3.05, 3.63) is 59.5 Å². The molecule has 0 atom stereocenters. The minimum Gasteiger partial charge on any atom is -0.343 e. The zero-order chi connectivity index (χ0) is 23.7. The van der Waals surface area contributed by atoms with Crippen molar-refractivity contribution in [2.45, 2.75) is 44.6 Å². The van der Waals surface area contributed by atoms with Crippen LogP contribution < -0.4 is 5.32 Å². The normalized spacial score (nSPS) is 17.8. The van der Waals surface area contributed by atoms with Gasteiger partial charge in [-0.15, -0.1) is 0 Å². The van der Waals surface area contributed by atoms with Crippen molar-refractivity contribution in [2.24, 2.45) is 0 Å². The Morgan fingerprint density at radius 2 is 1.65 bits per heavy atom. The molecule has 1 N–H and O–H groups in total. The molecular formula is C26H30ClN5O2. The van der Waals surface area contributed by atoms with Gasteiger partial charge in [-0.2, -0.15) is 0 Å². The Morgan fingerprint density at radius 3 is 2.32 bits per heavy atom. The van der Waals surface area contributed by atoms with E-state index in [1.165, 1.54) is 10.9 Å². The van der Waals surface area contributed by atoms with Crippen LogP contribution in [0.2, 0.25) is 5.02 Å². The molecule has 2 saturated heterocycles. The molecule has 2 aromatic heterocycles. The molecule has 7 nitrogen and oxygen atoms in total. The van der Waals surface area contributed by atoms with Crippen LogP contribution in [-0.4, -0.2) is 63.5 Å². The number of pyridine rings is 1. The Hall–Kier alpha value is -3.06. The lowest BCUT2D eigenvalue weighted by Gasteiger charge is -2.35. The molecule has 3 aromatic rings. The summed E-state index contributed by atoms with van der Waals surface area (Å²) in [5, 5.41) is 5.12. The summed E-state index contributed by atoms with van der Waals surface area (Å²) < 4.78 is 2.18. The monoisotopic (exact) mass is 479 g/mol. The number of rotatable bonds is 3. The predicted octanol–water partition coefficient (Wildman–Crippen LogP) is 4.58. The zero-order valence-corrected chi connectivity index (χ0v) is 20.2. The van der Waals surface area contributed by atoms with Crippen LogP contribution in [-0.2, 0) is 4.79 Å². The largest absolute Gasteiger partial charge is 0.343 e. The molecule has 1 aromatic carbocycles. The van der Waals surface area contributed by atoms with E-state index in [2.05, 4.69) is 27.1 Å². The summed E-state index contributed by atoms with van der Waals surface area (Å²) in [6, 6.07) is 10.1. The highest BCUT2D eigenvalue weighted by Gasteiger charge is 2.28.